The third-order valence-corrected chi connectivity index (χ3v) is 4.76. The summed E-state index contributed by atoms with van der Waals surface area (Å²) in [6, 6.07) is 9.38. The van der Waals surface area contributed by atoms with Gasteiger partial charge >= 0.3 is 0 Å². The molecule has 2 aromatic heterocycles. The van der Waals surface area contributed by atoms with E-state index in [0.29, 0.717) is 36.1 Å². The molecule has 1 atom stereocenters. The van der Waals surface area contributed by atoms with E-state index < -0.39 is 4.92 Å². The van der Waals surface area contributed by atoms with Crippen LogP contribution in [0.25, 0.3) is 11.6 Å². The van der Waals surface area contributed by atoms with E-state index in [9.17, 15) is 14.9 Å². The number of aryl methyl sites for hydroxylation is 1. The number of carbonyl (C=O) groups is 1. The van der Waals surface area contributed by atoms with Crippen molar-refractivity contribution in [1.29, 1.82) is 0 Å². The van der Waals surface area contributed by atoms with Gasteiger partial charge < -0.3 is 13.8 Å². The number of carbonyl (C=O) groups excluding carboxylic acids is 1. The summed E-state index contributed by atoms with van der Waals surface area (Å²) >= 11 is 0. The number of aromatic nitrogens is 2. The molecule has 0 unspecified atom stereocenters. The molecule has 0 radical (unpaired) electrons. The molecule has 144 valence electrons. The molecule has 1 aliphatic rings. The predicted octanol–water partition coefficient (Wildman–Crippen LogP) is 3.57. The minimum atomic E-state index is -0.508. The number of amides is 1. The maximum Gasteiger partial charge on any atom is 0.270 e. The summed E-state index contributed by atoms with van der Waals surface area (Å²) < 4.78 is 10.9. The average molecular weight is 382 g/mol. The molecule has 0 spiro atoms. The van der Waals surface area contributed by atoms with E-state index in [4.69, 9.17) is 8.94 Å². The molecule has 9 nitrogen and oxygen atoms in total. The van der Waals surface area contributed by atoms with E-state index in [1.165, 1.54) is 18.2 Å². The molecule has 0 aliphatic carbocycles. The fourth-order valence-corrected chi connectivity index (χ4v) is 3.35. The van der Waals surface area contributed by atoms with Gasteiger partial charge in [-0.05, 0) is 38.0 Å². The van der Waals surface area contributed by atoms with Crippen LogP contribution in [0.5, 0.6) is 0 Å². The third-order valence-electron chi connectivity index (χ3n) is 4.76. The molecular formula is C19H18N4O5. The number of non-ortho nitro benzene ring substituents is 1. The quantitative estimate of drug-likeness (QED) is 0.500. The van der Waals surface area contributed by atoms with Crippen LogP contribution in [0.1, 0.15) is 40.8 Å². The van der Waals surface area contributed by atoms with Crippen molar-refractivity contribution >= 4 is 11.6 Å². The van der Waals surface area contributed by atoms with Crippen molar-refractivity contribution in [3.8, 4) is 11.6 Å². The minimum absolute atomic E-state index is 0.0892. The van der Waals surface area contributed by atoms with Crippen LogP contribution in [0.2, 0.25) is 0 Å². The Morgan fingerprint density at radius 2 is 2.18 bits per heavy atom. The van der Waals surface area contributed by atoms with Gasteiger partial charge in [0.15, 0.2) is 5.76 Å². The first-order valence-corrected chi connectivity index (χ1v) is 8.95. The maximum absolute atomic E-state index is 12.8. The Hall–Kier alpha value is -3.49. The van der Waals surface area contributed by atoms with E-state index in [-0.39, 0.29) is 17.5 Å². The second-order valence-corrected chi connectivity index (χ2v) is 6.76. The van der Waals surface area contributed by atoms with Gasteiger partial charge in [0, 0.05) is 30.8 Å². The Balaban J connectivity index is 1.50. The first kappa shape index (κ1) is 17.9. The fraction of sp³-hybridized carbons (Fsp3) is 0.316. The van der Waals surface area contributed by atoms with Crippen LogP contribution in [0.4, 0.5) is 5.69 Å². The van der Waals surface area contributed by atoms with Gasteiger partial charge in [0.25, 0.3) is 11.6 Å². The van der Waals surface area contributed by atoms with Crippen molar-refractivity contribution in [3.05, 3.63) is 63.7 Å². The number of likely N-dealkylation sites (tertiary alicyclic amines) is 1. The summed E-state index contributed by atoms with van der Waals surface area (Å²) in [6.07, 6.45) is 1.60. The molecule has 1 saturated heterocycles. The number of benzene rings is 1. The topological polar surface area (TPSA) is 116 Å². The number of hydrogen-bond acceptors (Lipinski definition) is 7. The smallest absolute Gasteiger partial charge is 0.270 e. The summed E-state index contributed by atoms with van der Waals surface area (Å²) in [5.74, 6) is 1.80. The second-order valence-electron chi connectivity index (χ2n) is 6.76. The lowest BCUT2D eigenvalue weighted by molar-refractivity contribution is -0.384. The zero-order valence-corrected chi connectivity index (χ0v) is 15.2. The molecule has 1 aliphatic heterocycles. The number of rotatable bonds is 4. The summed E-state index contributed by atoms with van der Waals surface area (Å²) in [5, 5.41) is 14.9. The monoisotopic (exact) mass is 382 g/mol. The molecule has 3 aromatic rings. The first-order valence-electron chi connectivity index (χ1n) is 8.95. The lowest BCUT2D eigenvalue weighted by Crippen LogP contribution is -2.39. The van der Waals surface area contributed by atoms with Crippen LogP contribution in [-0.4, -0.2) is 39.0 Å². The Morgan fingerprint density at radius 1 is 1.32 bits per heavy atom. The Kier molecular flexibility index (Phi) is 4.64. The summed E-state index contributed by atoms with van der Waals surface area (Å²) in [6.45, 7) is 2.83. The largest absolute Gasteiger partial charge is 0.458 e. The number of hydrogen-bond donors (Lipinski definition) is 0. The molecular weight excluding hydrogens is 364 g/mol. The van der Waals surface area contributed by atoms with Crippen molar-refractivity contribution in [2.24, 2.45) is 0 Å². The van der Waals surface area contributed by atoms with E-state index in [1.54, 1.807) is 17.0 Å². The van der Waals surface area contributed by atoms with E-state index in [0.717, 1.165) is 18.6 Å². The minimum Gasteiger partial charge on any atom is -0.458 e. The van der Waals surface area contributed by atoms with Gasteiger partial charge in [0.05, 0.1) is 10.8 Å². The predicted molar refractivity (Wildman–Crippen MR) is 97.7 cm³/mol. The van der Waals surface area contributed by atoms with Crippen molar-refractivity contribution in [2.75, 3.05) is 13.1 Å². The lowest BCUT2D eigenvalue weighted by atomic mass is 9.97. The molecule has 1 fully saturated rings. The van der Waals surface area contributed by atoms with Gasteiger partial charge in [0.2, 0.25) is 11.7 Å². The van der Waals surface area contributed by atoms with Gasteiger partial charge in [0.1, 0.15) is 5.76 Å². The van der Waals surface area contributed by atoms with Crippen molar-refractivity contribution < 1.29 is 18.7 Å². The van der Waals surface area contributed by atoms with Crippen LogP contribution in [0.15, 0.2) is 45.3 Å². The fourth-order valence-electron chi connectivity index (χ4n) is 3.35. The van der Waals surface area contributed by atoms with Crippen LogP contribution >= 0.6 is 0 Å². The van der Waals surface area contributed by atoms with Crippen molar-refractivity contribution in [3.63, 3.8) is 0 Å². The third kappa shape index (κ3) is 3.51. The van der Waals surface area contributed by atoms with Crippen LogP contribution < -0.4 is 0 Å². The highest BCUT2D eigenvalue weighted by Gasteiger charge is 2.30. The second kappa shape index (κ2) is 7.26. The molecule has 9 heteroatoms. The molecule has 28 heavy (non-hydrogen) atoms. The standard InChI is InChI=1S/C19H18N4O5/c1-12-7-8-16(27-12)17-20-18(28-21-17)14-5-3-9-22(11-14)19(24)13-4-2-6-15(10-13)23(25)26/h2,4,6-8,10,14H,3,5,9,11H2,1H3/t14-/m0/s1. The zero-order valence-electron chi connectivity index (χ0n) is 15.2. The molecule has 0 N–H and O–H groups in total. The number of nitro groups is 1. The lowest BCUT2D eigenvalue weighted by Gasteiger charge is -2.31. The average Bonchev–Trinajstić information content (AvgIpc) is 3.37. The number of nitro benzene ring substituents is 1. The molecule has 0 bridgehead atoms. The van der Waals surface area contributed by atoms with Gasteiger partial charge in [-0.15, -0.1) is 0 Å². The van der Waals surface area contributed by atoms with Crippen molar-refractivity contribution in [2.45, 2.75) is 25.7 Å². The molecule has 4 rings (SSSR count). The molecule has 1 amide bonds. The summed E-state index contributed by atoms with van der Waals surface area (Å²) in [5.41, 5.74) is 0.196. The van der Waals surface area contributed by atoms with Crippen molar-refractivity contribution in [1.82, 2.24) is 15.0 Å². The van der Waals surface area contributed by atoms with Crippen LogP contribution in [-0.2, 0) is 0 Å². The summed E-state index contributed by atoms with van der Waals surface area (Å²) in [4.78, 5) is 29.3. The number of piperidine rings is 1. The van der Waals surface area contributed by atoms with E-state index >= 15 is 0 Å². The number of furan rings is 1. The highest BCUT2D eigenvalue weighted by Crippen LogP contribution is 2.29. The normalized spacial score (nSPS) is 16.9. The van der Waals surface area contributed by atoms with Gasteiger partial charge in [-0.1, -0.05) is 11.2 Å². The Bertz CT molecular complexity index is 1020. The molecule has 1 aromatic carbocycles. The van der Waals surface area contributed by atoms with Gasteiger partial charge in [-0.3, -0.25) is 14.9 Å². The SMILES string of the molecule is Cc1ccc(-c2noc([C@H]3CCCN(C(=O)c4cccc([N+](=O)[O-])c4)C3)n2)o1. The summed E-state index contributed by atoms with van der Waals surface area (Å²) in [7, 11) is 0. The Labute approximate surface area is 160 Å². The maximum atomic E-state index is 12.8. The van der Waals surface area contributed by atoms with Crippen LogP contribution in [0.3, 0.4) is 0 Å². The number of nitrogens with zero attached hydrogens (tertiary/aromatic N) is 4. The highest BCUT2D eigenvalue weighted by atomic mass is 16.6. The van der Waals surface area contributed by atoms with Crippen LogP contribution in [0, 0.1) is 17.0 Å². The molecule has 3 heterocycles. The first-order chi connectivity index (χ1) is 13.5. The van der Waals surface area contributed by atoms with E-state index in [2.05, 4.69) is 10.1 Å². The van der Waals surface area contributed by atoms with E-state index in [1.807, 2.05) is 13.0 Å². The highest BCUT2D eigenvalue weighted by molar-refractivity contribution is 5.95. The zero-order chi connectivity index (χ0) is 19.7. The molecule has 0 saturated carbocycles. The Morgan fingerprint density at radius 3 is 2.93 bits per heavy atom. The van der Waals surface area contributed by atoms with Gasteiger partial charge in [-0.25, -0.2) is 0 Å². The van der Waals surface area contributed by atoms with Gasteiger partial charge in [-0.2, -0.15) is 4.98 Å².